The van der Waals surface area contributed by atoms with Crippen LogP contribution >= 0.6 is 10.0 Å². The first-order valence-electron chi connectivity index (χ1n) is 3.79. The summed E-state index contributed by atoms with van der Waals surface area (Å²) in [5, 5.41) is 8.70. The third-order valence-corrected chi connectivity index (χ3v) is 1.56. The van der Waals surface area contributed by atoms with Gasteiger partial charge in [0.25, 0.3) is 15.4 Å². The standard InChI is InChI=1S/C9H8O4.Al.ClH.H2O/c1-13-9(12)7-5-3-2-4-6(7)8(10)11;;;/h2-5H,1H3,(H,10,11);;1H;1H2/q;+1;;/p-1. The van der Waals surface area contributed by atoms with Gasteiger partial charge in [-0.25, -0.2) is 9.59 Å². The van der Waals surface area contributed by atoms with Crippen LogP contribution in [0.2, 0.25) is 0 Å². The average Bonchev–Trinajstić information content (AvgIpc) is 2.30. The molecule has 7 heteroatoms. The van der Waals surface area contributed by atoms with Crippen molar-refractivity contribution in [2.24, 2.45) is 0 Å². The minimum absolute atomic E-state index is 0. The van der Waals surface area contributed by atoms with Gasteiger partial charge in [-0.1, -0.05) is 12.1 Å². The summed E-state index contributed by atoms with van der Waals surface area (Å²) >= 11 is 1.89. The number of carboxylic acids is 1. The summed E-state index contributed by atoms with van der Waals surface area (Å²) in [5.74, 6) is -1.78. The zero-order chi connectivity index (χ0) is 11.8. The number of ether oxygens (including phenoxy) is 1. The Morgan fingerprint density at radius 1 is 1.25 bits per heavy atom. The molecule has 0 aliphatic carbocycles. The van der Waals surface area contributed by atoms with E-state index >= 15 is 0 Å². The molecule has 1 aromatic rings. The van der Waals surface area contributed by atoms with Crippen molar-refractivity contribution in [2.45, 2.75) is 0 Å². The van der Waals surface area contributed by atoms with Crippen molar-refractivity contribution < 1.29 is 24.9 Å². The maximum Gasteiger partial charge on any atom is 0.338 e. The normalized spacial score (nSPS) is 7.88. The zero-order valence-electron chi connectivity index (χ0n) is 8.44. The van der Waals surface area contributed by atoms with Gasteiger partial charge in [0, 0.05) is 0 Å². The first kappa shape index (κ1) is 17.3. The molecule has 0 unspecified atom stereocenters. The molecular formula is C9H10AlClO5. The van der Waals surface area contributed by atoms with Crippen LogP contribution in [0.4, 0.5) is 0 Å². The van der Waals surface area contributed by atoms with Crippen LogP contribution < -0.4 is 0 Å². The number of carboxylic acid groups (broad SMARTS) is 1. The Morgan fingerprint density at radius 2 is 1.69 bits per heavy atom. The van der Waals surface area contributed by atoms with Gasteiger partial charge in [0.05, 0.1) is 18.2 Å². The highest BCUT2D eigenvalue weighted by Crippen LogP contribution is 2.09. The van der Waals surface area contributed by atoms with E-state index < -0.39 is 11.9 Å². The van der Waals surface area contributed by atoms with Crippen LogP contribution in [0.25, 0.3) is 0 Å². The summed E-state index contributed by atoms with van der Waals surface area (Å²) in [5.41, 5.74) is 0.0202. The quantitative estimate of drug-likeness (QED) is 0.624. The molecule has 0 fully saturated rings. The molecule has 2 radical (unpaired) electrons. The SMILES string of the molecule is COC(=O)c1ccccc1C(=O)O.O.[Al][Cl]. The summed E-state index contributed by atoms with van der Waals surface area (Å²) < 4.78 is 4.42. The van der Waals surface area contributed by atoms with E-state index in [2.05, 4.69) is 14.8 Å². The number of hydrogen-bond acceptors (Lipinski definition) is 3. The highest BCUT2D eigenvalue weighted by Gasteiger charge is 2.15. The molecule has 86 valence electrons. The van der Waals surface area contributed by atoms with Crippen LogP contribution in [-0.4, -0.2) is 45.0 Å². The molecule has 0 amide bonds. The van der Waals surface area contributed by atoms with Crippen LogP contribution in [-0.2, 0) is 4.74 Å². The van der Waals surface area contributed by atoms with Gasteiger partial charge in [0.1, 0.15) is 0 Å². The van der Waals surface area contributed by atoms with Crippen LogP contribution in [0.5, 0.6) is 0 Å². The van der Waals surface area contributed by atoms with Crippen molar-refractivity contribution in [1.29, 1.82) is 0 Å². The Balaban J connectivity index is 0. The zero-order valence-corrected chi connectivity index (χ0v) is 10.3. The molecule has 1 aromatic carbocycles. The second kappa shape index (κ2) is 9.19. The number of esters is 1. The third-order valence-electron chi connectivity index (χ3n) is 1.56. The summed E-state index contributed by atoms with van der Waals surface area (Å²) in [6.45, 7) is 0. The Morgan fingerprint density at radius 3 is 2.06 bits per heavy atom. The molecule has 0 spiro atoms. The van der Waals surface area contributed by atoms with E-state index in [0.717, 1.165) is 0 Å². The maximum atomic E-state index is 11.1. The van der Waals surface area contributed by atoms with Gasteiger partial charge >= 0.3 is 11.9 Å². The number of halogens is 1. The minimum Gasteiger partial charge on any atom is -0.478 e. The van der Waals surface area contributed by atoms with Crippen LogP contribution in [0.3, 0.4) is 0 Å². The number of aromatic carboxylic acids is 1. The first-order valence-corrected chi connectivity index (χ1v) is 5.54. The largest absolute Gasteiger partial charge is 0.478 e. The van der Waals surface area contributed by atoms with E-state index in [-0.39, 0.29) is 16.6 Å². The monoisotopic (exact) mass is 260 g/mol. The van der Waals surface area contributed by atoms with E-state index in [9.17, 15) is 9.59 Å². The Labute approximate surface area is 105 Å². The van der Waals surface area contributed by atoms with Gasteiger partial charge in [-0.3, -0.25) is 10.0 Å². The Hall–Kier alpha value is -1.06. The molecule has 0 aliphatic rings. The molecule has 0 heterocycles. The molecule has 0 saturated carbocycles. The van der Waals surface area contributed by atoms with Gasteiger partial charge in [0.15, 0.2) is 0 Å². The fourth-order valence-corrected chi connectivity index (χ4v) is 0.958. The van der Waals surface area contributed by atoms with Crippen molar-refractivity contribution >= 4 is 37.4 Å². The fourth-order valence-electron chi connectivity index (χ4n) is 0.958. The topological polar surface area (TPSA) is 95.1 Å². The number of carbonyl (C=O) groups is 2. The van der Waals surface area contributed by atoms with Crippen LogP contribution in [0.1, 0.15) is 20.7 Å². The van der Waals surface area contributed by atoms with E-state index in [4.69, 9.17) is 5.11 Å². The molecule has 16 heavy (non-hydrogen) atoms. The van der Waals surface area contributed by atoms with Gasteiger partial charge in [-0.15, -0.1) is 0 Å². The molecule has 5 nitrogen and oxygen atoms in total. The summed E-state index contributed by atoms with van der Waals surface area (Å²) in [6, 6.07) is 5.90. The predicted octanol–water partition coefficient (Wildman–Crippen LogP) is 0.655. The molecule has 0 bridgehead atoms. The maximum absolute atomic E-state index is 11.1. The van der Waals surface area contributed by atoms with Crippen molar-refractivity contribution in [1.82, 2.24) is 0 Å². The second-order valence-electron chi connectivity index (χ2n) is 2.34. The lowest BCUT2D eigenvalue weighted by Gasteiger charge is -2.02. The van der Waals surface area contributed by atoms with Gasteiger partial charge in [0.2, 0.25) is 0 Å². The van der Waals surface area contributed by atoms with Crippen molar-refractivity contribution in [3.63, 3.8) is 0 Å². The Bertz CT molecular complexity index is 356. The minimum atomic E-state index is -1.14. The van der Waals surface area contributed by atoms with E-state index in [0.29, 0.717) is 0 Å². The first-order chi connectivity index (χ1) is 7.16. The lowest BCUT2D eigenvalue weighted by molar-refractivity contribution is 0.0582. The summed E-state index contributed by atoms with van der Waals surface area (Å²) in [6.07, 6.45) is 0. The van der Waals surface area contributed by atoms with Crippen molar-refractivity contribution in [2.75, 3.05) is 7.11 Å². The lowest BCUT2D eigenvalue weighted by atomic mass is 10.1. The van der Waals surface area contributed by atoms with E-state index in [1.165, 1.54) is 19.2 Å². The van der Waals surface area contributed by atoms with E-state index in [1.807, 2.05) is 15.4 Å². The second-order valence-corrected chi connectivity index (χ2v) is 2.34. The van der Waals surface area contributed by atoms with Gasteiger partial charge in [-0.05, 0) is 12.1 Å². The molecule has 3 N–H and O–H groups in total. The fraction of sp³-hybridized carbons (Fsp3) is 0.111. The average molecular weight is 261 g/mol. The number of methoxy groups -OCH3 is 1. The Kier molecular flexibility index (Phi) is 9.96. The number of rotatable bonds is 2. The highest BCUT2D eigenvalue weighted by atomic mass is 35.6. The molecule has 0 atom stereocenters. The van der Waals surface area contributed by atoms with Crippen molar-refractivity contribution in [3.05, 3.63) is 35.4 Å². The number of hydrogen-bond donors (Lipinski definition) is 1. The van der Waals surface area contributed by atoms with Crippen molar-refractivity contribution in [3.8, 4) is 0 Å². The smallest absolute Gasteiger partial charge is 0.338 e. The van der Waals surface area contributed by atoms with Crippen LogP contribution in [0, 0.1) is 0 Å². The number of benzene rings is 1. The molecule has 0 aromatic heterocycles. The lowest BCUT2D eigenvalue weighted by Crippen LogP contribution is -2.09. The predicted molar refractivity (Wildman–Crippen MR) is 60.0 cm³/mol. The highest BCUT2D eigenvalue weighted by molar-refractivity contribution is 6.80. The molecule has 0 aliphatic heterocycles. The van der Waals surface area contributed by atoms with Gasteiger partial charge < -0.3 is 15.3 Å². The molecule has 0 saturated heterocycles. The van der Waals surface area contributed by atoms with E-state index in [1.54, 1.807) is 12.1 Å². The summed E-state index contributed by atoms with van der Waals surface area (Å²) in [7, 11) is 5.76. The number of carbonyl (C=O) groups excluding carboxylic acids is 1. The van der Waals surface area contributed by atoms with Gasteiger partial charge in [-0.2, -0.15) is 0 Å². The third kappa shape index (κ3) is 4.64. The molecule has 1 rings (SSSR count). The molecular weight excluding hydrogens is 251 g/mol. The summed E-state index contributed by atoms with van der Waals surface area (Å²) in [4.78, 5) is 21.7. The van der Waals surface area contributed by atoms with Crippen LogP contribution in [0.15, 0.2) is 24.3 Å².